The van der Waals surface area contributed by atoms with E-state index in [9.17, 15) is 12.8 Å². The van der Waals surface area contributed by atoms with Crippen molar-refractivity contribution < 1.29 is 12.8 Å². The summed E-state index contributed by atoms with van der Waals surface area (Å²) in [5, 5.41) is 2.06. The van der Waals surface area contributed by atoms with Gasteiger partial charge in [-0.1, -0.05) is 0 Å². The van der Waals surface area contributed by atoms with Crippen LogP contribution in [0.4, 0.5) is 4.39 Å². The number of benzene rings is 1. The van der Waals surface area contributed by atoms with Crippen molar-refractivity contribution in [3.8, 4) is 11.2 Å². The molecule has 0 spiro atoms. The maximum Gasteiger partial charge on any atom is 0.214 e. The largest absolute Gasteiger partial charge is 0.216 e. The molecule has 0 atom stereocenters. The molecule has 1 aromatic carbocycles. The first-order valence-corrected chi connectivity index (χ1v) is 6.25. The van der Waals surface area contributed by atoms with Crippen LogP contribution in [0.3, 0.4) is 0 Å². The summed E-state index contributed by atoms with van der Waals surface area (Å²) in [4.78, 5) is 0. The van der Waals surface area contributed by atoms with Crippen molar-refractivity contribution in [2.45, 2.75) is 0 Å². The number of hydrogen-bond donors (Lipinski definition) is 0. The molecule has 0 fully saturated rings. The third-order valence-corrected chi connectivity index (χ3v) is 2.38. The standard InChI is InChI=1S/C9H6BrFO2S/c1-14(12,13)5-4-7-2-3-9(11)8(10)6-7/h2-3,6H,1H3. The van der Waals surface area contributed by atoms with Crippen LogP contribution in [-0.4, -0.2) is 14.7 Å². The van der Waals surface area contributed by atoms with Gasteiger partial charge in [-0.05, 0) is 40.0 Å². The normalized spacial score (nSPS) is 10.5. The number of rotatable bonds is 0. The first-order valence-electron chi connectivity index (χ1n) is 3.56. The summed E-state index contributed by atoms with van der Waals surface area (Å²) in [5.41, 5.74) is 0.448. The van der Waals surface area contributed by atoms with E-state index in [0.29, 0.717) is 5.56 Å². The lowest BCUT2D eigenvalue weighted by Crippen LogP contribution is -1.89. The fourth-order valence-corrected chi connectivity index (χ4v) is 1.41. The topological polar surface area (TPSA) is 34.1 Å². The average molecular weight is 277 g/mol. The first-order chi connectivity index (χ1) is 6.38. The SMILES string of the molecule is CS(=O)(=O)C#Cc1ccc(F)c(Br)c1. The quantitative estimate of drug-likeness (QED) is 0.679. The molecule has 14 heavy (non-hydrogen) atoms. The summed E-state index contributed by atoms with van der Waals surface area (Å²) >= 11 is 2.97. The Morgan fingerprint density at radius 3 is 2.57 bits per heavy atom. The second-order valence-corrected chi connectivity index (χ2v) is 5.23. The number of sulfone groups is 1. The monoisotopic (exact) mass is 276 g/mol. The molecule has 5 heteroatoms. The van der Waals surface area contributed by atoms with Crippen molar-refractivity contribution in [1.29, 1.82) is 0 Å². The minimum Gasteiger partial charge on any atom is -0.216 e. The molecule has 0 N–H and O–H groups in total. The highest BCUT2D eigenvalue weighted by molar-refractivity contribution is 9.10. The van der Waals surface area contributed by atoms with Gasteiger partial charge >= 0.3 is 0 Å². The van der Waals surface area contributed by atoms with E-state index in [2.05, 4.69) is 27.1 Å². The van der Waals surface area contributed by atoms with E-state index in [0.717, 1.165) is 6.26 Å². The Balaban J connectivity index is 3.10. The molecule has 0 heterocycles. The Morgan fingerprint density at radius 1 is 1.43 bits per heavy atom. The van der Waals surface area contributed by atoms with Crippen molar-refractivity contribution in [1.82, 2.24) is 0 Å². The zero-order valence-electron chi connectivity index (χ0n) is 7.21. The van der Waals surface area contributed by atoms with Crippen LogP contribution in [0.1, 0.15) is 5.56 Å². The molecule has 0 aliphatic carbocycles. The van der Waals surface area contributed by atoms with Gasteiger partial charge in [-0.25, -0.2) is 12.8 Å². The Morgan fingerprint density at radius 2 is 2.07 bits per heavy atom. The van der Waals surface area contributed by atoms with Crippen molar-refractivity contribution in [3.05, 3.63) is 34.1 Å². The van der Waals surface area contributed by atoms with Crippen molar-refractivity contribution in [2.24, 2.45) is 0 Å². The summed E-state index contributed by atoms with van der Waals surface area (Å²) in [6, 6.07) is 4.06. The molecule has 1 rings (SSSR count). The van der Waals surface area contributed by atoms with Crippen LogP contribution < -0.4 is 0 Å². The molecule has 74 valence electrons. The van der Waals surface area contributed by atoms with Crippen molar-refractivity contribution in [3.63, 3.8) is 0 Å². The van der Waals surface area contributed by atoms with E-state index in [1.165, 1.54) is 18.2 Å². The molecule has 1 aromatic rings. The van der Waals surface area contributed by atoms with Crippen molar-refractivity contribution in [2.75, 3.05) is 6.26 Å². The first kappa shape index (κ1) is 11.2. The summed E-state index contributed by atoms with van der Waals surface area (Å²) < 4.78 is 34.4. The Labute approximate surface area is 90.2 Å². The molecule has 0 bridgehead atoms. The Hall–Kier alpha value is -0.860. The predicted octanol–water partition coefficient (Wildman–Crippen LogP) is 1.94. The van der Waals surface area contributed by atoms with E-state index in [1.54, 1.807) is 0 Å². The highest BCUT2D eigenvalue weighted by Gasteiger charge is 1.98. The highest BCUT2D eigenvalue weighted by Crippen LogP contribution is 2.16. The van der Waals surface area contributed by atoms with Gasteiger partial charge in [-0.15, -0.1) is 0 Å². The van der Waals surface area contributed by atoms with Gasteiger partial charge in [-0.3, -0.25) is 0 Å². The fraction of sp³-hybridized carbons (Fsp3) is 0.111. The molecule has 2 nitrogen and oxygen atoms in total. The molecule has 0 aliphatic rings. The van der Waals surface area contributed by atoms with Crippen LogP contribution >= 0.6 is 15.9 Å². The van der Waals surface area contributed by atoms with E-state index < -0.39 is 15.7 Å². The Bertz CT molecular complexity index is 511. The molecule has 0 radical (unpaired) electrons. The number of halogens is 2. The molecule has 0 amide bonds. The molecule has 0 unspecified atom stereocenters. The third-order valence-electron chi connectivity index (χ3n) is 1.30. The van der Waals surface area contributed by atoms with Gasteiger partial charge in [0.1, 0.15) is 5.82 Å². The van der Waals surface area contributed by atoms with E-state index in [1.807, 2.05) is 0 Å². The molecule has 0 saturated carbocycles. The van der Waals surface area contributed by atoms with Crippen LogP contribution in [0.2, 0.25) is 0 Å². The zero-order chi connectivity index (χ0) is 10.8. The second kappa shape index (κ2) is 4.11. The van der Waals surface area contributed by atoms with Gasteiger partial charge in [-0.2, -0.15) is 0 Å². The van der Waals surface area contributed by atoms with Crippen LogP contribution in [0.15, 0.2) is 22.7 Å². The molecule has 0 aliphatic heterocycles. The number of hydrogen-bond acceptors (Lipinski definition) is 2. The lowest BCUT2D eigenvalue weighted by molar-refractivity contribution is 0.611. The van der Waals surface area contributed by atoms with Crippen LogP contribution in [-0.2, 0) is 9.84 Å². The van der Waals surface area contributed by atoms with Crippen LogP contribution in [0, 0.1) is 17.0 Å². The maximum absolute atomic E-state index is 12.8. The minimum absolute atomic E-state index is 0.262. The lowest BCUT2D eigenvalue weighted by Gasteiger charge is -1.93. The van der Waals surface area contributed by atoms with Crippen LogP contribution in [0.5, 0.6) is 0 Å². The molecular weight excluding hydrogens is 271 g/mol. The third kappa shape index (κ3) is 3.48. The summed E-state index contributed by atoms with van der Waals surface area (Å²) in [5.74, 6) is 2.01. The lowest BCUT2D eigenvalue weighted by atomic mass is 10.2. The van der Waals surface area contributed by atoms with Gasteiger partial charge in [0.15, 0.2) is 0 Å². The highest BCUT2D eigenvalue weighted by atomic mass is 79.9. The average Bonchev–Trinajstić information content (AvgIpc) is 2.06. The van der Waals surface area contributed by atoms with Gasteiger partial charge in [0.2, 0.25) is 9.84 Å². The summed E-state index contributed by atoms with van der Waals surface area (Å²) in [6.07, 6.45) is 1.01. The fourth-order valence-electron chi connectivity index (χ4n) is 0.726. The molecular formula is C9H6BrFO2S. The van der Waals surface area contributed by atoms with Crippen LogP contribution in [0.25, 0.3) is 0 Å². The maximum atomic E-state index is 12.8. The summed E-state index contributed by atoms with van der Waals surface area (Å²) in [7, 11) is -3.32. The van der Waals surface area contributed by atoms with E-state index >= 15 is 0 Å². The van der Waals surface area contributed by atoms with Gasteiger partial charge < -0.3 is 0 Å². The van der Waals surface area contributed by atoms with Crippen molar-refractivity contribution >= 4 is 25.8 Å². The molecule has 0 saturated heterocycles. The van der Waals surface area contributed by atoms with E-state index in [4.69, 9.17) is 0 Å². The van der Waals surface area contributed by atoms with E-state index in [-0.39, 0.29) is 4.47 Å². The molecule has 0 aromatic heterocycles. The minimum atomic E-state index is -3.32. The second-order valence-electron chi connectivity index (χ2n) is 2.63. The van der Waals surface area contributed by atoms with Gasteiger partial charge in [0.25, 0.3) is 0 Å². The van der Waals surface area contributed by atoms with Gasteiger partial charge in [0.05, 0.1) is 10.7 Å². The predicted molar refractivity (Wildman–Crippen MR) is 55.8 cm³/mol. The van der Waals surface area contributed by atoms with Gasteiger partial charge in [0, 0.05) is 10.8 Å². The zero-order valence-corrected chi connectivity index (χ0v) is 9.62. The smallest absolute Gasteiger partial charge is 0.214 e. The summed E-state index contributed by atoms with van der Waals surface area (Å²) in [6.45, 7) is 0. The Kier molecular flexibility index (Phi) is 3.29.